The Bertz CT molecular complexity index is 869. The quantitative estimate of drug-likeness (QED) is 0.660. The summed E-state index contributed by atoms with van der Waals surface area (Å²) in [6, 6.07) is 3.94. The van der Waals surface area contributed by atoms with Crippen LogP contribution in [0.4, 0.5) is 4.79 Å². The minimum atomic E-state index is -0.521. The van der Waals surface area contributed by atoms with Crippen molar-refractivity contribution in [1.82, 2.24) is 14.9 Å². The van der Waals surface area contributed by atoms with Crippen LogP contribution in [0.15, 0.2) is 12.1 Å². The number of aromatic nitrogens is 2. The van der Waals surface area contributed by atoms with E-state index in [2.05, 4.69) is 17.3 Å². The lowest BCUT2D eigenvalue weighted by Gasteiger charge is -2.23. The molecular formula is C23H36N4O3. The number of fused-ring (bicyclic) bond motifs is 1. The zero-order chi connectivity index (χ0) is 21.7. The van der Waals surface area contributed by atoms with Gasteiger partial charge in [-0.05, 0) is 57.6 Å². The van der Waals surface area contributed by atoms with E-state index in [4.69, 9.17) is 15.2 Å². The fourth-order valence-electron chi connectivity index (χ4n) is 4.19. The number of amides is 1. The molecule has 3 N–H and O–H groups in total. The maximum atomic E-state index is 12.4. The van der Waals surface area contributed by atoms with Gasteiger partial charge in [-0.1, -0.05) is 32.6 Å². The molecule has 1 fully saturated rings. The third kappa shape index (κ3) is 5.65. The van der Waals surface area contributed by atoms with Crippen molar-refractivity contribution in [3.63, 3.8) is 0 Å². The first kappa shape index (κ1) is 22.4. The van der Waals surface area contributed by atoms with Crippen molar-refractivity contribution in [3.8, 4) is 11.6 Å². The number of pyridine rings is 1. The summed E-state index contributed by atoms with van der Waals surface area (Å²) >= 11 is 0. The molecule has 2 aromatic heterocycles. The summed E-state index contributed by atoms with van der Waals surface area (Å²) in [5.41, 5.74) is 8.14. The molecule has 7 heteroatoms. The maximum absolute atomic E-state index is 12.4. The predicted molar refractivity (Wildman–Crippen MR) is 118 cm³/mol. The Hall–Kier alpha value is -2.28. The molecule has 7 nitrogen and oxygen atoms in total. The van der Waals surface area contributed by atoms with Gasteiger partial charge < -0.3 is 20.5 Å². The van der Waals surface area contributed by atoms with Gasteiger partial charge >= 0.3 is 6.09 Å². The zero-order valence-corrected chi connectivity index (χ0v) is 18.8. The molecule has 2 heterocycles. The summed E-state index contributed by atoms with van der Waals surface area (Å²) in [4.78, 5) is 12.4. The monoisotopic (exact) mass is 416 g/mol. The van der Waals surface area contributed by atoms with Crippen LogP contribution >= 0.6 is 0 Å². The minimum Gasteiger partial charge on any atom is -0.477 e. The number of carbonyl (C=O) groups excluding carboxylic acids is 1. The molecule has 1 saturated carbocycles. The molecular weight excluding hydrogens is 380 g/mol. The molecule has 1 aliphatic carbocycles. The molecule has 0 radical (unpaired) electrons. The molecule has 166 valence electrons. The Morgan fingerprint density at radius 2 is 2.03 bits per heavy atom. The van der Waals surface area contributed by atoms with Gasteiger partial charge in [-0.15, -0.1) is 0 Å². The summed E-state index contributed by atoms with van der Waals surface area (Å²) in [5.74, 6) is 1.74. The van der Waals surface area contributed by atoms with Gasteiger partial charge in [-0.25, -0.2) is 4.79 Å². The zero-order valence-electron chi connectivity index (χ0n) is 18.8. The second-order valence-electron chi connectivity index (χ2n) is 9.04. The smallest absolute Gasteiger partial charge is 0.412 e. The molecule has 0 saturated heterocycles. The molecule has 1 aliphatic rings. The molecule has 1 unspecified atom stereocenters. The lowest BCUT2D eigenvalue weighted by molar-refractivity contribution is 0.196. The molecule has 30 heavy (non-hydrogen) atoms. The first-order valence-corrected chi connectivity index (χ1v) is 11.2. The number of aryl methyl sites for hydroxylation is 2. The minimum absolute atomic E-state index is 0.354. The molecule has 3 rings (SSSR count). The number of carbonyl (C=O) groups is 1. The van der Waals surface area contributed by atoms with Crippen molar-refractivity contribution in [3.05, 3.63) is 23.4 Å². The van der Waals surface area contributed by atoms with E-state index >= 15 is 0 Å². The van der Waals surface area contributed by atoms with E-state index in [1.807, 2.05) is 32.9 Å². The lowest BCUT2D eigenvalue weighted by atomic mass is 9.90. The Morgan fingerprint density at radius 3 is 2.73 bits per heavy atom. The Kier molecular flexibility index (Phi) is 7.23. The Labute approximate surface area is 179 Å². The second-order valence-corrected chi connectivity index (χ2v) is 9.04. The number of ether oxygens (including phenoxy) is 2. The van der Waals surface area contributed by atoms with Gasteiger partial charge in [-0.2, -0.15) is 9.61 Å². The van der Waals surface area contributed by atoms with E-state index in [0.29, 0.717) is 36.4 Å². The highest BCUT2D eigenvalue weighted by Gasteiger charge is 2.22. The number of hydrogen-bond acceptors (Lipinski definition) is 5. The molecule has 0 bridgehead atoms. The highest BCUT2D eigenvalue weighted by molar-refractivity contribution is 5.76. The largest absolute Gasteiger partial charge is 0.477 e. The van der Waals surface area contributed by atoms with Gasteiger partial charge in [0.2, 0.25) is 5.88 Å². The van der Waals surface area contributed by atoms with E-state index < -0.39 is 11.6 Å². The standard InChI is InChI=1S/C23H36N4O3/c1-5-11-23(4,24)15-25-22(28)30-21-17(3)26-27-19(21)12-16(2)13-20(27)29-14-18-9-7-6-8-10-18/h12-13,18H,5-11,14-15,24H2,1-4H3,(H,25,28). The molecule has 0 aliphatic heterocycles. The second kappa shape index (κ2) is 9.69. The van der Waals surface area contributed by atoms with Gasteiger partial charge in [0.1, 0.15) is 11.2 Å². The van der Waals surface area contributed by atoms with Crippen molar-refractivity contribution in [2.24, 2.45) is 11.7 Å². The first-order chi connectivity index (χ1) is 14.3. The molecule has 1 atom stereocenters. The molecule has 0 spiro atoms. The summed E-state index contributed by atoms with van der Waals surface area (Å²) < 4.78 is 13.5. The first-order valence-electron chi connectivity index (χ1n) is 11.2. The van der Waals surface area contributed by atoms with Crippen LogP contribution in [0.1, 0.15) is 70.1 Å². The number of rotatable bonds is 8. The van der Waals surface area contributed by atoms with Gasteiger partial charge in [0.15, 0.2) is 5.75 Å². The van der Waals surface area contributed by atoms with E-state index in [1.165, 1.54) is 32.1 Å². The van der Waals surface area contributed by atoms with E-state index in [9.17, 15) is 4.79 Å². The number of hydrogen-bond donors (Lipinski definition) is 2. The SMILES string of the molecule is CCCC(C)(N)CNC(=O)Oc1c(C)nn2c(OCC3CCCCC3)cc(C)cc12. The maximum Gasteiger partial charge on any atom is 0.412 e. The summed E-state index contributed by atoms with van der Waals surface area (Å²) in [6.45, 7) is 8.89. The fraction of sp³-hybridized carbons (Fsp3) is 0.652. The fourth-order valence-corrected chi connectivity index (χ4v) is 4.19. The van der Waals surface area contributed by atoms with Crippen LogP contribution < -0.4 is 20.5 Å². The van der Waals surface area contributed by atoms with Crippen molar-refractivity contribution in [2.45, 2.75) is 78.2 Å². The highest BCUT2D eigenvalue weighted by Crippen LogP contribution is 2.30. The van der Waals surface area contributed by atoms with Crippen LogP contribution in [0, 0.1) is 19.8 Å². The lowest BCUT2D eigenvalue weighted by Crippen LogP contribution is -2.48. The van der Waals surface area contributed by atoms with E-state index in [1.54, 1.807) is 4.52 Å². The van der Waals surface area contributed by atoms with Crippen molar-refractivity contribution in [2.75, 3.05) is 13.2 Å². The number of nitrogens with two attached hydrogens (primary N) is 1. The van der Waals surface area contributed by atoms with Gasteiger partial charge in [-0.3, -0.25) is 0 Å². The average molecular weight is 417 g/mol. The summed E-state index contributed by atoms with van der Waals surface area (Å²) in [6.07, 6.45) is 7.60. The van der Waals surface area contributed by atoms with Crippen LogP contribution in [0.2, 0.25) is 0 Å². The summed E-state index contributed by atoms with van der Waals surface area (Å²) in [5, 5.41) is 7.35. The van der Waals surface area contributed by atoms with Crippen LogP contribution in [0.3, 0.4) is 0 Å². The average Bonchev–Trinajstić information content (AvgIpc) is 3.01. The van der Waals surface area contributed by atoms with E-state index in [0.717, 1.165) is 23.9 Å². The van der Waals surface area contributed by atoms with E-state index in [-0.39, 0.29) is 0 Å². The normalized spacial score (nSPS) is 17.0. The van der Waals surface area contributed by atoms with Crippen LogP contribution in [-0.2, 0) is 0 Å². The third-order valence-electron chi connectivity index (χ3n) is 5.81. The van der Waals surface area contributed by atoms with Gasteiger partial charge in [0.05, 0.1) is 6.61 Å². The van der Waals surface area contributed by atoms with Crippen molar-refractivity contribution >= 4 is 11.6 Å². The number of nitrogens with one attached hydrogen (secondary N) is 1. The van der Waals surface area contributed by atoms with Crippen LogP contribution in [0.25, 0.3) is 5.52 Å². The van der Waals surface area contributed by atoms with Crippen LogP contribution in [-0.4, -0.2) is 34.4 Å². The highest BCUT2D eigenvalue weighted by atomic mass is 16.6. The third-order valence-corrected chi connectivity index (χ3v) is 5.81. The predicted octanol–water partition coefficient (Wildman–Crippen LogP) is 4.52. The van der Waals surface area contributed by atoms with Crippen molar-refractivity contribution in [1.29, 1.82) is 0 Å². The Morgan fingerprint density at radius 1 is 1.30 bits per heavy atom. The summed E-state index contributed by atoms with van der Waals surface area (Å²) in [7, 11) is 0. The van der Waals surface area contributed by atoms with Crippen molar-refractivity contribution < 1.29 is 14.3 Å². The topological polar surface area (TPSA) is 90.9 Å². The van der Waals surface area contributed by atoms with Crippen LogP contribution in [0.5, 0.6) is 11.6 Å². The molecule has 1 amide bonds. The van der Waals surface area contributed by atoms with Gasteiger partial charge in [0.25, 0.3) is 0 Å². The molecule has 2 aromatic rings. The van der Waals surface area contributed by atoms with Gasteiger partial charge in [0, 0.05) is 18.2 Å². The Balaban J connectivity index is 1.73. The molecule has 0 aromatic carbocycles. The number of nitrogens with zero attached hydrogens (tertiary/aromatic N) is 2.